The zero-order valence-corrected chi connectivity index (χ0v) is 21.7. The number of methoxy groups -OCH3 is 1. The molecule has 0 radical (unpaired) electrons. The molecule has 0 bridgehead atoms. The second-order valence-electron chi connectivity index (χ2n) is 9.03. The lowest BCUT2D eigenvalue weighted by molar-refractivity contribution is -0.117. The van der Waals surface area contributed by atoms with Gasteiger partial charge in [0, 0.05) is 49.8 Å². The van der Waals surface area contributed by atoms with Crippen molar-refractivity contribution in [1.29, 1.82) is 0 Å². The lowest BCUT2D eigenvalue weighted by Gasteiger charge is -2.26. The quantitative estimate of drug-likeness (QED) is 0.225. The van der Waals surface area contributed by atoms with E-state index in [1.54, 1.807) is 36.5 Å². The molecule has 1 aliphatic rings. The Kier molecular flexibility index (Phi) is 5.70. The van der Waals surface area contributed by atoms with Crippen LogP contribution in [0.25, 0.3) is 21.9 Å². The molecule has 5 aromatic rings. The summed E-state index contributed by atoms with van der Waals surface area (Å²) < 4.78 is 11.3. The summed E-state index contributed by atoms with van der Waals surface area (Å²) in [4.78, 5) is 32.1. The molecule has 9 heteroatoms. The molecule has 2 aromatic heterocycles. The molecule has 7 nitrogen and oxygen atoms in total. The summed E-state index contributed by atoms with van der Waals surface area (Å²) in [5.74, 6) is -1.73. The van der Waals surface area contributed by atoms with Crippen molar-refractivity contribution >= 4 is 62.5 Å². The number of aliphatic hydroxyl groups is 1. The van der Waals surface area contributed by atoms with Gasteiger partial charge in [-0.25, -0.2) is 0 Å². The Morgan fingerprint density at radius 3 is 2.66 bits per heavy atom. The Bertz CT molecular complexity index is 1820. The second kappa shape index (κ2) is 8.97. The van der Waals surface area contributed by atoms with Crippen LogP contribution in [0.1, 0.15) is 27.7 Å². The third-order valence-electron chi connectivity index (χ3n) is 6.79. The monoisotopic (exact) mass is 546 g/mol. The highest BCUT2D eigenvalue weighted by Crippen LogP contribution is 2.45. The Labute approximate surface area is 226 Å². The first kappa shape index (κ1) is 24.2. The van der Waals surface area contributed by atoms with Crippen molar-refractivity contribution in [3.8, 4) is 5.75 Å². The maximum Gasteiger partial charge on any atom is 0.294 e. The van der Waals surface area contributed by atoms with E-state index in [9.17, 15) is 14.7 Å². The normalized spacial score (nSPS) is 15.7. The Morgan fingerprint density at radius 1 is 1.11 bits per heavy atom. The van der Waals surface area contributed by atoms with Crippen LogP contribution in [0.2, 0.25) is 10.0 Å². The Balaban J connectivity index is 1.55. The van der Waals surface area contributed by atoms with E-state index in [1.165, 1.54) is 18.1 Å². The van der Waals surface area contributed by atoms with Crippen LogP contribution in [-0.2, 0) is 4.79 Å². The maximum absolute atomic E-state index is 14.0. The van der Waals surface area contributed by atoms with E-state index in [2.05, 4.69) is 4.98 Å². The minimum Gasteiger partial charge on any atom is -0.503 e. The molecular weight excluding hydrogens is 527 g/mol. The molecule has 2 N–H and O–H groups in total. The number of anilines is 1. The Hall–Kier alpha value is -4.20. The molecule has 1 aliphatic heterocycles. The highest BCUT2D eigenvalue weighted by Gasteiger charge is 2.46. The lowest BCUT2D eigenvalue weighted by atomic mass is 9.94. The number of benzene rings is 3. The van der Waals surface area contributed by atoms with Crippen molar-refractivity contribution in [3.05, 3.63) is 105 Å². The minimum atomic E-state index is -0.955. The van der Waals surface area contributed by atoms with Gasteiger partial charge in [0.2, 0.25) is 5.78 Å². The van der Waals surface area contributed by atoms with Crippen LogP contribution in [-0.4, -0.2) is 28.9 Å². The number of nitrogens with zero attached hydrogens (tertiary/aromatic N) is 1. The zero-order valence-electron chi connectivity index (χ0n) is 20.2. The summed E-state index contributed by atoms with van der Waals surface area (Å²) in [7, 11) is 1.47. The SMILES string of the molecule is COc1cc(Cl)cc2cc(C(=O)C3=C(O)C(=O)N(c4ccc(C)c(Cl)c4)C3c3c[nH]c4ccccc34)oc12. The molecule has 6 rings (SSSR count). The molecule has 190 valence electrons. The molecule has 3 heterocycles. The van der Waals surface area contributed by atoms with Gasteiger partial charge in [-0.05, 0) is 42.8 Å². The van der Waals surface area contributed by atoms with E-state index in [-0.39, 0.29) is 11.3 Å². The number of hydrogen-bond acceptors (Lipinski definition) is 5. The molecule has 0 spiro atoms. The highest BCUT2D eigenvalue weighted by atomic mass is 35.5. The van der Waals surface area contributed by atoms with Crippen molar-refractivity contribution in [2.24, 2.45) is 0 Å². The largest absolute Gasteiger partial charge is 0.503 e. The molecular formula is C29H20Cl2N2O5. The van der Waals surface area contributed by atoms with Crippen LogP contribution >= 0.6 is 23.2 Å². The number of carbonyl (C=O) groups is 2. The van der Waals surface area contributed by atoms with E-state index >= 15 is 0 Å². The van der Waals surface area contributed by atoms with Crippen molar-refractivity contribution in [1.82, 2.24) is 4.98 Å². The highest BCUT2D eigenvalue weighted by molar-refractivity contribution is 6.32. The van der Waals surface area contributed by atoms with E-state index < -0.39 is 23.5 Å². The van der Waals surface area contributed by atoms with Crippen LogP contribution in [0.4, 0.5) is 5.69 Å². The lowest BCUT2D eigenvalue weighted by Crippen LogP contribution is -2.31. The molecule has 1 atom stereocenters. The van der Waals surface area contributed by atoms with Gasteiger partial charge in [-0.3, -0.25) is 14.5 Å². The smallest absolute Gasteiger partial charge is 0.294 e. The number of hydrogen-bond donors (Lipinski definition) is 2. The number of ether oxygens (including phenoxy) is 1. The number of aliphatic hydroxyl groups excluding tert-OH is 1. The summed E-state index contributed by atoms with van der Waals surface area (Å²) in [6.07, 6.45) is 1.73. The molecule has 0 saturated carbocycles. The fourth-order valence-electron chi connectivity index (χ4n) is 4.93. The predicted molar refractivity (Wildman–Crippen MR) is 146 cm³/mol. The summed E-state index contributed by atoms with van der Waals surface area (Å²) in [6.45, 7) is 1.85. The Morgan fingerprint density at radius 2 is 1.89 bits per heavy atom. The standard InChI is InChI=1S/C29H20Cl2N2O5/c1-14-7-8-17(12-20(14)31)33-25(19-13-32-21-6-4-3-5-18(19)21)24(27(35)29(33)36)26(34)22-10-15-9-16(30)11-23(37-2)28(15)38-22/h3-13,25,32,35H,1-2H3. The first-order valence-electron chi connectivity index (χ1n) is 11.7. The number of ketones is 1. The molecule has 1 unspecified atom stereocenters. The third kappa shape index (κ3) is 3.66. The van der Waals surface area contributed by atoms with E-state index in [1.807, 2.05) is 31.2 Å². The molecule has 0 fully saturated rings. The van der Waals surface area contributed by atoms with Crippen molar-refractivity contribution < 1.29 is 23.8 Å². The number of aromatic amines is 1. The van der Waals surface area contributed by atoms with Gasteiger partial charge in [-0.2, -0.15) is 0 Å². The van der Waals surface area contributed by atoms with E-state index in [0.717, 1.165) is 16.5 Å². The van der Waals surface area contributed by atoms with Gasteiger partial charge in [0.15, 0.2) is 22.9 Å². The number of furan rings is 1. The van der Waals surface area contributed by atoms with E-state index in [0.29, 0.717) is 38.0 Å². The molecule has 0 saturated heterocycles. The predicted octanol–water partition coefficient (Wildman–Crippen LogP) is 7.32. The summed E-state index contributed by atoms with van der Waals surface area (Å²) >= 11 is 12.6. The average Bonchev–Trinajstić information content (AvgIpc) is 3.59. The number of rotatable bonds is 5. The average molecular weight is 547 g/mol. The molecule has 0 aliphatic carbocycles. The van der Waals surface area contributed by atoms with Gasteiger partial charge < -0.3 is 19.2 Å². The number of para-hydroxylation sites is 1. The van der Waals surface area contributed by atoms with Gasteiger partial charge in [-0.15, -0.1) is 0 Å². The fraction of sp³-hybridized carbons (Fsp3) is 0.103. The minimum absolute atomic E-state index is 0.0662. The van der Waals surface area contributed by atoms with Gasteiger partial charge >= 0.3 is 0 Å². The number of H-pyrrole nitrogens is 1. The zero-order chi connectivity index (χ0) is 26.7. The topological polar surface area (TPSA) is 95.8 Å². The number of Topliss-reactive ketones (excluding diaryl/α,β-unsaturated/α-hetero) is 1. The summed E-state index contributed by atoms with van der Waals surface area (Å²) in [5.41, 5.74) is 2.94. The number of aryl methyl sites for hydroxylation is 1. The first-order valence-corrected chi connectivity index (χ1v) is 12.4. The van der Waals surface area contributed by atoms with Crippen LogP contribution in [0.15, 0.2) is 82.6 Å². The van der Waals surface area contributed by atoms with Crippen LogP contribution in [0.3, 0.4) is 0 Å². The summed E-state index contributed by atoms with van der Waals surface area (Å²) in [5, 5.41) is 13.4. The van der Waals surface area contributed by atoms with Crippen LogP contribution in [0, 0.1) is 6.92 Å². The van der Waals surface area contributed by atoms with E-state index in [4.69, 9.17) is 32.4 Å². The number of carbonyl (C=O) groups excluding carboxylic acids is 2. The van der Waals surface area contributed by atoms with Gasteiger partial charge in [0.1, 0.15) is 0 Å². The third-order valence-corrected chi connectivity index (χ3v) is 7.42. The first-order chi connectivity index (χ1) is 18.3. The van der Waals surface area contributed by atoms with Gasteiger partial charge in [0.25, 0.3) is 5.91 Å². The van der Waals surface area contributed by atoms with Gasteiger partial charge in [-0.1, -0.05) is 47.5 Å². The number of halogens is 2. The number of fused-ring (bicyclic) bond motifs is 2. The van der Waals surface area contributed by atoms with Crippen LogP contribution < -0.4 is 9.64 Å². The van der Waals surface area contributed by atoms with Crippen molar-refractivity contribution in [3.63, 3.8) is 0 Å². The maximum atomic E-state index is 14.0. The van der Waals surface area contributed by atoms with Gasteiger partial charge in [0.05, 0.1) is 18.7 Å². The second-order valence-corrected chi connectivity index (χ2v) is 9.87. The summed E-state index contributed by atoms with van der Waals surface area (Å²) in [6, 6.07) is 16.5. The molecule has 1 amide bonds. The number of amides is 1. The fourth-order valence-corrected chi connectivity index (χ4v) is 5.32. The molecule has 3 aromatic carbocycles. The van der Waals surface area contributed by atoms with Crippen molar-refractivity contribution in [2.45, 2.75) is 13.0 Å². The van der Waals surface area contributed by atoms with Crippen molar-refractivity contribution in [2.75, 3.05) is 12.0 Å². The molecule has 38 heavy (non-hydrogen) atoms. The van der Waals surface area contributed by atoms with Crippen LogP contribution in [0.5, 0.6) is 5.75 Å². The number of aromatic nitrogens is 1. The number of nitrogens with one attached hydrogen (secondary N) is 1.